The molecule has 21 heavy (non-hydrogen) atoms. The van der Waals surface area contributed by atoms with Crippen LogP contribution in [0, 0.1) is 6.92 Å². The minimum Gasteiger partial charge on any atom is -0.484 e. The highest BCUT2D eigenvalue weighted by Gasteiger charge is 2.11. The van der Waals surface area contributed by atoms with E-state index in [4.69, 9.17) is 4.74 Å². The molecule has 0 heterocycles. The van der Waals surface area contributed by atoms with Crippen LogP contribution in [0.2, 0.25) is 0 Å². The van der Waals surface area contributed by atoms with Crippen LogP contribution in [0.25, 0.3) is 0 Å². The van der Waals surface area contributed by atoms with E-state index in [1.807, 2.05) is 49.4 Å². The Morgan fingerprint density at radius 3 is 2.52 bits per heavy atom. The van der Waals surface area contributed by atoms with Crippen molar-refractivity contribution < 1.29 is 14.6 Å². The summed E-state index contributed by atoms with van der Waals surface area (Å²) >= 11 is 0. The van der Waals surface area contributed by atoms with Crippen molar-refractivity contribution in [2.75, 3.05) is 13.2 Å². The molecule has 2 aromatic carbocycles. The Labute approximate surface area is 124 Å². The van der Waals surface area contributed by atoms with Gasteiger partial charge in [-0.3, -0.25) is 4.79 Å². The molecule has 0 fully saturated rings. The maximum absolute atomic E-state index is 11.7. The first-order chi connectivity index (χ1) is 10.2. The van der Waals surface area contributed by atoms with Crippen LogP contribution in [0.4, 0.5) is 0 Å². The number of aryl methyl sites for hydroxylation is 1. The van der Waals surface area contributed by atoms with Crippen LogP contribution in [-0.2, 0) is 4.79 Å². The average Bonchev–Trinajstić information content (AvgIpc) is 2.52. The molecular weight excluding hydrogens is 266 g/mol. The van der Waals surface area contributed by atoms with Crippen LogP contribution < -0.4 is 10.1 Å². The first-order valence-electron chi connectivity index (χ1n) is 6.85. The normalized spacial score (nSPS) is 11.7. The zero-order valence-electron chi connectivity index (χ0n) is 12.0. The highest BCUT2D eigenvalue weighted by molar-refractivity contribution is 5.77. The summed E-state index contributed by atoms with van der Waals surface area (Å²) in [4.78, 5) is 11.7. The van der Waals surface area contributed by atoms with Gasteiger partial charge < -0.3 is 15.2 Å². The number of aliphatic hydroxyl groups is 1. The third-order valence-electron chi connectivity index (χ3n) is 3.15. The van der Waals surface area contributed by atoms with Crippen LogP contribution in [-0.4, -0.2) is 24.2 Å². The van der Waals surface area contributed by atoms with Gasteiger partial charge in [-0.15, -0.1) is 0 Å². The minimum absolute atomic E-state index is 0.0650. The molecule has 2 N–H and O–H groups in total. The number of amides is 1. The van der Waals surface area contributed by atoms with Crippen molar-refractivity contribution in [2.45, 2.75) is 13.0 Å². The lowest BCUT2D eigenvalue weighted by Gasteiger charge is -2.14. The smallest absolute Gasteiger partial charge is 0.258 e. The molecule has 0 bridgehead atoms. The van der Waals surface area contributed by atoms with E-state index in [0.717, 1.165) is 11.1 Å². The monoisotopic (exact) mass is 285 g/mol. The van der Waals surface area contributed by atoms with Gasteiger partial charge in [-0.05, 0) is 30.2 Å². The standard InChI is InChI=1S/C17H19NO3/c1-13-7-5-6-10-15(13)16(19)11-18-17(20)12-21-14-8-3-2-4-9-14/h2-10,16,19H,11-12H2,1H3,(H,18,20). The number of carbonyl (C=O) groups is 1. The summed E-state index contributed by atoms with van der Waals surface area (Å²) in [5.41, 5.74) is 1.82. The lowest BCUT2D eigenvalue weighted by molar-refractivity contribution is -0.123. The predicted octanol–water partition coefficient (Wildman–Crippen LogP) is 2.22. The number of hydrogen-bond donors (Lipinski definition) is 2. The van der Waals surface area contributed by atoms with Crippen molar-refractivity contribution in [1.29, 1.82) is 0 Å². The van der Waals surface area contributed by atoms with Crippen molar-refractivity contribution in [3.05, 3.63) is 65.7 Å². The van der Waals surface area contributed by atoms with E-state index >= 15 is 0 Å². The number of nitrogens with one attached hydrogen (secondary N) is 1. The Bertz CT molecular complexity index is 584. The van der Waals surface area contributed by atoms with Crippen molar-refractivity contribution in [3.63, 3.8) is 0 Å². The summed E-state index contributed by atoms with van der Waals surface area (Å²) in [6.07, 6.45) is -0.716. The lowest BCUT2D eigenvalue weighted by atomic mass is 10.0. The van der Waals surface area contributed by atoms with Gasteiger partial charge in [-0.25, -0.2) is 0 Å². The molecule has 1 atom stereocenters. The molecule has 2 rings (SSSR count). The van der Waals surface area contributed by atoms with Crippen LogP contribution in [0.15, 0.2) is 54.6 Å². The molecule has 0 aromatic heterocycles. The van der Waals surface area contributed by atoms with Gasteiger partial charge in [0, 0.05) is 6.54 Å². The second kappa shape index (κ2) is 7.45. The van der Waals surface area contributed by atoms with Gasteiger partial charge in [-0.1, -0.05) is 42.5 Å². The highest BCUT2D eigenvalue weighted by Crippen LogP contribution is 2.16. The second-order valence-electron chi connectivity index (χ2n) is 4.78. The maximum atomic E-state index is 11.7. The van der Waals surface area contributed by atoms with E-state index in [1.165, 1.54) is 0 Å². The van der Waals surface area contributed by atoms with Gasteiger partial charge >= 0.3 is 0 Å². The number of benzene rings is 2. The molecule has 2 aromatic rings. The van der Waals surface area contributed by atoms with E-state index in [1.54, 1.807) is 12.1 Å². The summed E-state index contributed by atoms with van der Waals surface area (Å²) in [5.74, 6) is 0.388. The van der Waals surface area contributed by atoms with E-state index in [2.05, 4.69) is 5.32 Å². The fraction of sp³-hybridized carbons (Fsp3) is 0.235. The molecule has 110 valence electrons. The molecule has 4 nitrogen and oxygen atoms in total. The zero-order valence-corrected chi connectivity index (χ0v) is 12.0. The van der Waals surface area contributed by atoms with Gasteiger partial charge in [0.2, 0.25) is 0 Å². The van der Waals surface area contributed by atoms with Gasteiger partial charge in [0.05, 0.1) is 6.10 Å². The van der Waals surface area contributed by atoms with E-state index in [9.17, 15) is 9.90 Å². The summed E-state index contributed by atoms with van der Waals surface area (Å²) in [7, 11) is 0. The van der Waals surface area contributed by atoms with Crippen LogP contribution >= 0.6 is 0 Å². The molecule has 0 aliphatic rings. The summed E-state index contributed by atoms with van der Waals surface area (Å²) in [5, 5.41) is 12.7. The first-order valence-corrected chi connectivity index (χ1v) is 6.85. The lowest BCUT2D eigenvalue weighted by Crippen LogP contribution is -2.32. The molecule has 0 saturated carbocycles. The quantitative estimate of drug-likeness (QED) is 0.855. The van der Waals surface area contributed by atoms with Gasteiger partial charge in [0.1, 0.15) is 5.75 Å². The van der Waals surface area contributed by atoms with Crippen molar-refractivity contribution >= 4 is 5.91 Å². The Morgan fingerprint density at radius 1 is 1.14 bits per heavy atom. The van der Waals surface area contributed by atoms with Gasteiger partial charge in [0.15, 0.2) is 6.61 Å². The van der Waals surface area contributed by atoms with Crippen LogP contribution in [0.3, 0.4) is 0 Å². The molecular formula is C17H19NO3. The van der Waals surface area contributed by atoms with Crippen LogP contribution in [0.5, 0.6) is 5.75 Å². The Kier molecular flexibility index (Phi) is 5.35. The molecule has 1 amide bonds. The number of ether oxygens (including phenoxy) is 1. The molecule has 0 spiro atoms. The molecule has 0 aliphatic carbocycles. The topological polar surface area (TPSA) is 58.6 Å². The first kappa shape index (κ1) is 15.1. The van der Waals surface area contributed by atoms with Crippen molar-refractivity contribution in [3.8, 4) is 5.75 Å². The van der Waals surface area contributed by atoms with Gasteiger partial charge in [0.25, 0.3) is 5.91 Å². The van der Waals surface area contributed by atoms with E-state index in [0.29, 0.717) is 5.75 Å². The predicted molar refractivity (Wildman–Crippen MR) is 81.1 cm³/mol. The SMILES string of the molecule is Cc1ccccc1C(O)CNC(=O)COc1ccccc1. The number of hydrogen-bond acceptors (Lipinski definition) is 3. The zero-order chi connectivity index (χ0) is 15.1. The summed E-state index contributed by atoms with van der Waals surface area (Å²) < 4.78 is 5.34. The molecule has 0 aliphatic heterocycles. The molecule has 0 saturated heterocycles. The van der Waals surface area contributed by atoms with E-state index in [-0.39, 0.29) is 19.1 Å². The van der Waals surface area contributed by atoms with Crippen molar-refractivity contribution in [2.24, 2.45) is 0 Å². The fourth-order valence-corrected chi connectivity index (χ4v) is 2.00. The Morgan fingerprint density at radius 2 is 1.81 bits per heavy atom. The largest absolute Gasteiger partial charge is 0.484 e. The average molecular weight is 285 g/mol. The minimum atomic E-state index is -0.716. The fourth-order valence-electron chi connectivity index (χ4n) is 2.00. The van der Waals surface area contributed by atoms with E-state index < -0.39 is 6.10 Å². The Balaban J connectivity index is 1.77. The number of carbonyl (C=O) groups excluding carboxylic acids is 1. The molecule has 0 radical (unpaired) electrons. The third-order valence-corrected chi connectivity index (χ3v) is 3.15. The third kappa shape index (κ3) is 4.61. The maximum Gasteiger partial charge on any atom is 0.258 e. The number of rotatable bonds is 6. The summed E-state index contributed by atoms with van der Waals surface area (Å²) in [6.45, 7) is 2.03. The molecule has 1 unspecified atom stereocenters. The van der Waals surface area contributed by atoms with Crippen molar-refractivity contribution in [1.82, 2.24) is 5.32 Å². The highest BCUT2D eigenvalue weighted by atomic mass is 16.5. The second-order valence-corrected chi connectivity index (χ2v) is 4.78. The van der Waals surface area contributed by atoms with Gasteiger partial charge in [-0.2, -0.15) is 0 Å². The number of aliphatic hydroxyl groups excluding tert-OH is 1. The molecule has 4 heteroatoms. The van der Waals surface area contributed by atoms with Crippen LogP contribution in [0.1, 0.15) is 17.2 Å². The Hall–Kier alpha value is -2.33. The summed E-state index contributed by atoms with van der Waals surface area (Å²) in [6, 6.07) is 16.7. The number of para-hydroxylation sites is 1.